The molecule has 3 heterocycles. The molecule has 1 fully saturated rings. The van der Waals surface area contributed by atoms with Crippen molar-refractivity contribution in [1.29, 1.82) is 0 Å². The normalized spacial score (nSPS) is 16.8. The van der Waals surface area contributed by atoms with Crippen LogP contribution in [0, 0.1) is 12.8 Å². The molecule has 2 aromatic rings. The van der Waals surface area contributed by atoms with E-state index in [0.717, 1.165) is 15.1 Å². The van der Waals surface area contributed by atoms with Gasteiger partial charge in [0.1, 0.15) is 9.98 Å². The van der Waals surface area contributed by atoms with E-state index < -0.39 is 5.97 Å². The number of carbonyl (C=O) groups is 1. The molecule has 3 rings (SSSR count). The van der Waals surface area contributed by atoms with Gasteiger partial charge >= 0.3 is 5.97 Å². The van der Waals surface area contributed by atoms with E-state index in [1.807, 2.05) is 17.9 Å². The summed E-state index contributed by atoms with van der Waals surface area (Å²) in [7, 11) is 0. The van der Waals surface area contributed by atoms with E-state index in [4.69, 9.17) is 16.7 Å². The number of halogens is 1. The lowest BCUT2D eigenvalue weighted by Crippen LogP contribution is -2.37. The van der Waals surface area contributed by atoms with Crippen molar-refractivity contribution < 1.29 is 9.90 Å². The predicted octanol–water partition coefficient (Wildman–Crippen LogP) is 2.95. The smallest absolute Gasteiger partial charge is 0.306 e. The number of piperidine rings is 1. The molecule has 106 valence electrons. The van der Waals surface area contributed by atoms with Gasteiger partial charge in [-0.25, -0.2) is 9.97 Å². The number of carboxylic acids is 1. The summed E-state index contributed by atoms with van der Waals surface area (Å²) in [6, 6.07) is 1.99. The summed E-state index contributed by atoms with van der Waals surface area (Å²) in [4.78, 5) is 23.9. The molecule has 1 N–H and O–H groups in total. The molecule has 0 aliphatic carbocycles. The highest BCUT2D eigenvalue weighted by molar-refractivity contribution is 7.18. The van der Waals surface area contributed by atoms with Crippen LogP contribution < -0.4 is 4.90 Å². The molecule has 0 unspecified atom stereocenters. The van der Waals surface area contributed by atoms with Gasteiger partial charge in [-0.3, -0.25) is 4.79 Å². The second-order valence-corrected chi connectivity index (χ2v) is 6.58. The van der Waals surface area contributed by atoms with Crippen LogP contribution in [0.25, 0.3) is 10.2 Å². The maximum Gasteiger partial charge on any atom is 0.306 e. The van der Waals surface area contributed by atoms with Gasteiger partial charge in [0.25, 0.3) is 0 Å². The van der Waals surface area contributed by atoms with Crippen molar-refractivity contribution in [3.63, 3.8) is 0 Å². The van der Waals surface area contributed by atoms with Gasteiger partial charge in [0.05, 0.1) is 5.92 Å². The van der Waals surface area contributed by atoms with E-state index in [0.29, 0.717) is 37.0 Å². The molecule has 0 bridgehead atoms. The van der Waals surface area contributed by atoms with Crippen molar-refractivity contribution in [3.8, 4) is 0 Å². The van der Waals surface area contributed by atoms with E-state index in [1.165, 1.54) is 0 Å². The minimum absolute atomic E-state index is 0.255. The van der Waals surface area contributed by atoms with Crippen LogP contribution >= 0.6 is 22.9 Å². The van der Waals surface area contributed by atoms with E-state index in [1.54, 1.807) is 11.3 Å². The Hall–Kier alpha value is -1.40. The fraction of sp³-hybridized carbons (Fsp3) is 0.462. The number of carboxylic acid groups (broad SMARTS) is 1. The monoisotopic (exact) mass is 311 g/mol. The van der Waals surface area contributed by atoms with Gasteiger partial charge in [-0.1, -0.05) is 11.6 Å². The molecule has 2 aromatic heterocycles. The summed E-state index contributed by atoms with van der Waals surface area (Å²) < 4.78 is 0. The first-order valence-corrected chi connectivity index (χ1v) is 7.65. The van der Waals surface area contributed by atoms with Gasteiger partial charge in [0.15, 0.2) is 0 Å². The highest BCUT2D eigenvalue weighted by atomic mass is 35.5. The molecular weight excluding hydrogens is 298 g/mol. The largest absolute Gasteiger partial charge is 0.481 e. The first-order valence-electron chi connectivity index (χ1n) is 6.46. The number of rotatable bonds is 2. The third kappa shape index (κ3) is 2.45. The zero-order chi connectivity index (χ0) is 14.3. The average Bonchev–Trinajstić information content (AvgIpc) is 2.80. The van der Waals surface area contributed by atoms with E-state index in [-0.39, 0.29) is 5.92 Å². The number of fused-ring (bicyclic) bond motifs is 1. The molecule has 1 aliphatic rings. The van der Waals surface area contributed by atoms with Crippen LogP contribution in [0.15, 0.2) is 6.07 Å². The van der Waals surface area contributed by atoms with Crippen LogP contribution in [0.2, 0.25) is 5.15 Å². The fourth-order valence-electron chi connectivity index (χ4n) is 2.46. The summed E-state index contributed by atoms with van der Waals surface area (Å²) in [5, 5.41) is 10.4. The van der Waals surface area contributed by atoms with Crippen LogP contribution in [0.3, 0.4) is 0 Å². The molecule has 7 heteroatoms. The minimum atomic E-state index is -0.715. The molecule has 5 nitrogen and oxygen atoms in total. The zero-order valence-electron chi connectivity index (χ0n) is 11.0. The van der Waals surface area contributed by atoms with Gasteiger partial charge in [0.2, 0.25) is 5.95 Å². The van der Waals surface area contributed by atoms with Crippen molar-refractivity contribution in [2.24, 2.45) is 5.92 Å². The van der Waals surface area contributed by atoms with Gasteiger partial charge in [-0.15, -0.1) is 11.3 Å². The van der Waals surface area contributed by atoms with Crippen LogP contribution in [-0.2, 0) is 4.79 Å². The van der Waals surface area contributed by atoms with Crippen LogP contribution in [-0.4, -0.2) is 34.1 Å². The Bertz CT molecular complexity index is 665. The highest BCUT2D eigenvalue weighted by Gasteiger charge is 2.26. The van der Waals surface area contributed by atoms with Crippen molar-refractivity contribution in [2.75, 3.05) is 18.0 Å². The lowest BCUT2D eigenvalue weighted by molar-refractivity contribution is -0.142. The lowest BCUT2D eigenvalue weighted by atomic mass is 9.97. The standard InChI is InChI=1S/C13H14ClN3O2S/c1-7-6-9-10(14)15-13(16-11(9)20-7)17-4-2-8(3-5-17)12(18)19/h6,8H,2-5H2,1H3,(H,18,19). The molecule has 1 aliphatic heterocycles. The number of nitrogens with zero attached hydrogens (tertiary/aromatic N) is 3. The molecule has 0 amide bonds. The summed E-state index contributed by atoms with van der Waals surface area (Å²) in [5.74, 6) is -0.365. The SMILES string of the molecule is Cc1cc2c(Cl)nc(N3CCC(C(=O)O)CC3)nc2s1. The van der Waals surface area contributed by atoms with Gasteiger partial charge in [-0.05, 0) is 25.8 Å². The van der Waals surface area contributed by atoms with Crippen LogP contribution in [0.1, 0.15) is 17.7 Å². The van der Waals surface area contributed by atoms with Crippen LogP contribution in [0.5, 0.6) is 0 Å². The molecule has 20 heavy (non-hydrogen) atoms. The van der Waals surface area contributed by atoms with E-state index >= 15 is 0 Å². The van der Waals surface area contributed by atoms with Crippen molar-refractivity contribution in [3.05, 3.63) is 16.1 Å². The predicted molar refractivity (Wildman–Crippen MR) is 79.7 cm³/mol. The Morgan fingerprint density at radius 3 is 2.80 bits per heavy atom. The number of hydrogen-bond acceptors (Lipinski definition) is 5. The zero-order valence-corrected chi connectivity index (χ0v) is 12.5. The number of thiophene rings is 1. The van der Waals surface area contributed by atoms with Crippen molar-refractivity contribution >= 4 is 45.1 Å². The summed E-state index contributed by atoms with van der Waals surface area (Å²) in [5.41, 5.74) is 0. The summed E-state index contributed by atoms with van der Waals surface area (Å²) in [6.07, 6.45) is 1.25. The lowest BCUT2D eigenvalue weighted by Gasteiger charge is -2.30. The average molecular weight is 312 g/mol. The molecule has 0 radical (unpaired) electrons. The fourth-order valence-corrected chi connectivity index (χ4v) is 3.61. The third-order valence-electron chi connectivity index (χ3n) is 3.58. The van der Waals surface area contributed by atoms with Crippen molar-refractivity contribution in [2.45, 2.75) is 19.8 Å². The molecule has 0 spiro atoms. The van der Waals surface area contributed by atoms with Gasteiger partial charge in [0, 0.05) is 23.4 Å². The molecule has 0 atom stereocenters. The molecule has 0 saturated carbocycles. The quantitative estimate of drug-likeness (QED) is 0.864. The number of aryl methyl sites for hydroxylation is 1. The number of anilines is 1. The molecular formula is C13H14ClN3O2S. The Kier molecular flexibility index (Phi) is 3.52. The third-order valence-corrected chi connectivity index (χ3v) is 4.82. The number of aliphatic carboxylic acids is 1. The molecule has 1 saturated heterocycles. The van der Waals surface area contributed by atoms with E-state index in [9.17, 15) is 4.79 Å². The second kappa shape index (κ2) is 5.18. The number of aromatic nitrogens is 2. The number of hydrogen-bond donors (Lipinski definition) is 1. The molecule has 0 aromatic carbocycles. The minimum Gasteiger partial charge on any atom is -0.481 e. The Labute approximate surface area is 125 Å². The topological polar surface area (TPSA) is 66.3 Å². The first-order chi connectivity index (χ1) is 9.54. The van der Waals surface area contributed by atoms with Crippen LogP contribution in [0.4, 0.5) is 5.95 Å². The van der Waals surface area contributed by atoms with Gasteiger partial charge in [-0.2, -0.15) is 0 Å². The van der Waals surface area contributed by atoms with Crippen molar-refractivity contribution in [1.82, 2.24) is 9.97 Å². The van der Waals surface area contributed by atoms with E-state index in [2.05, 4.69) is 9.97 Å². The highest BCUT2D eigenvalue weighted by Crippen LogP contribution is 2.31. The Balaban J connectivity index is 1.86. The summed E-state index contributed by atoms with van der Waals surface area (Å²) >= 11 is 7.80. The maximum atomic E-state index is 11.0. The Morgan fingerprint density at radius 2 is 2.15 bits per heavy atom. The van der Waals surface area contributed by atoms with Gasteiger partial charge < -0.3 is 10.0 Å². The maximum absolute atomic E-state index is 11.0. The second-order valence-electron chi connectivity index (χ2n) is 4.99. The summed E-state index contributed by atoms with van der Waals surface area (Å²) in [6.45, 7) is 3.33. The Morgan fingerprint density at radius 1 is 1.45 bits per heavy atom. The first kappa shape index (κ1) is 13.6.